The molecule has 2 aliphatic heterocycles. The van der Waals surface area contributed by atoms with Crippen LogP contribution >= 0.6 is 0 Å². The molecule has 0 aromatic heterocycles. The lowest BCUT2D eigenvalue weighted by Gasteiger charge is -2.34. The van der Waals surface area contributed by atoms with Crippen LogP contribution in [0.5, 0.6) is 0 Å². The summed E-state index contributed by atoms with van der Waals surface area (Å²) in [5.74, 6) is 0. The van der Waals surface area contributed by atoms with Crippen LogP contribution < -0.4 is 10.0 Å². The summed E-state index contributed by atoms with van der Waals surface area (Å²) in [6.07, 6.45) is 6.50. The van der Waals surface area contributed by atoms with Gasteiger partial charge in [0.2, 0.25) is 0 Å². The van der Waals surface area contributed by atoms with Crippen LogP contribution in [0.25, 0.3) is 0 Å². The maximum atomic E-state index is 12.4. The molecule has 2 aliphatic rings. The van der Waals surface area contributed by atoms with Crippen molar-refractivity contribution in [2.75, 3.05) is 46.3 Å². The molecule has 124 valence electrons. The van der Waals surface area contributed by atoms with Crippen LogP contribution in [0.2, 0.25) is 0 Å². The van der Waals surface area contributed by atoms with Crippen LogP contribution in [0, 0.1) is 0 Å². The van der Waals surface area contributed by atoms with Gasteiger partial charge in [0.25, 0.3) is 10.2 Å². The van der Waals surface area contributed by atoms with Gasteiger partial charge in [0, 0.05) is 25.7 Å². The highest BCUT2D eigenvalue weighted by Crippen LogP contribution is 2.19. The lowest BCUT2D eigenvalue weighted by molar-refractivity contribution is 0.245. The standard InChI is InChI=1S/C14H30N4O2S/c1-15-13-14-7-2-3-12-18(14)21(19,20)16-8-6-11-17-9-4-5-10-17/h14-16H,2-13H2,1H3. The summed E-state index contributed by atoms with van der Waals surface area (Å²) in [6, 6.07) is 0.0971. The SMILES string of the molecule is CNCC1CCCCN1S(=O)(=O)NCCCN1CCCC1. The van der Waals surface area contributed by atoms with Gasteiger partial charge in [-0.2, -0.15) is 12.7 Å². The van der Waals surface area contributed by atoms with Gasteiger partial charge in [-0.25, -0.2) is 4.72 Å². The predicted octanol–water partition coefficient (Wildman–Crippen LogP) is 0.381. The largest absolute Gasteiger partial charge is 0.318 e. The van der Waals surface area contributed by atoms with Crippen molar-refractivity contribution in [1.29, 1.82) is 0 Å². The van der Waals surface area contributed by atoms with Crippen LogP contribution in [-0.4, -0.2) is 70.0 Å². The first-order chi connectivity index (χ1) is 10.1. The maximum Gasteiger partial charge on any atom is 0.279 e. The minimum Gasteiger partial charge on any atom is -0.318 e. The second-order valence-electron chi connectivity index (χ2n) is 6.12. The first kappa shape index (κ1) is 17.1. The van der Waals surface area contributed by atoms with Gasteiger partial charge in [0.05, 0.1) is 0 Å². The summed E-state index contributed by atoms with van der Waals surface area (Å²) < 4.78 is 29.3. The molecule has 0 radical (unpaired) electrons. The Kier molecular flexibility index (Phi) is 6.88. The third kappa shape index (κ3) is 5.17. The zero-order chi connectivity index (χ0) is 15.1. The quantitative estimate of drug-likeness (QED) is 0.635. The van der Waals surface area contributed by atoms with Crippen LogP contribution in [0.4, 0.5) is 0 Å². The Morgan fingerprint density at radius 1 is 1.10 bits per heavy atom. The van der Waals surface area contributed by atoms with Crippen molar-refractivity contribution in [3.05, 3.63) is 0 Å². The molecule has 2 fully saturated rings. The summed E-state index contributed by atoms with van der Waals surface area (Å²) >= 11 is 0. The molecule has 2 heterocycles. The smallest absolute Gasteiger partial charge is 0.279 e. The Labute approximate surface area is 129 Å². The van der Waals surface area contributed by atoms with Gasteiger partial charge >= 0.3 is 0 Å². The zero-order valence-electron chi connectivity index (χ0n) is 13.2. The Balaban J connectivity index is 1.76. The molecule has 0 bridgehead atoms. The molecule has 2 N–H and O–H groups in total. The lowest BCUT2D eigenvalue weighted by atomic mass is 10.1. The van der Waals surface area contributed by atoms with Gasteiger partial charge in [0.15, 0.2) is 0 Å². The molecule has 0 aliphatic carbocycles. The van der Waals surface area contributed by atoms with E-state index >= 15 is 0 Å². The van der Waals surface area contributed by atoms with E-state index in [9.17, 15) is 8.42 Å². The van der Waals surface area contributed by atoms with Gasteiger partial charge in [-0.05, 0) is 58.8 Å². The molecular weight excluding hydrogens is 288 g/mol. The van der Waals surface area contributed by atoms with Gasteiger partial charge in [-0.1, -0.05) is 6.42 Å². The van der Waals surface area contributed by atoms with E-state index in [2.05, 4.69) is 14.9 Å². The number of hydrogen-bond acceptors (Lipinski definition) is 4. The second kappa shape index (κ2) is 8.43. The molecule has 0 aromatic rings. The van der Waals surface area contributed by atoms with E-state index in [0.29, 0.717) is 13.1 Å². The number of rotatable bonds is 8. The zero-order valence-corrected chi connectivity index (χ0v) is 14.0. The summed E-state index contributed by atoms with van der Waals surface area (Å²) in [6.45, 7) is 5.26. The molecule has 0 amide bonds. The topological polar surface area (TPSA) is 64.7 Å². The maximum absolute atomic E-state index is 12.4. The molecule has 1 atom stereocenters. The van der Waals surface area contributed by atoms with E-state index in [0.717, 1.165) is 38.8 Å². The first-order valence-corrected chi connectivity index (χ1v) is 9.71. The van der Waals surface area contributed by atoms with Crippen LogP contribution in [0.1, 0.15) is 38.5 Å². The molecule has 2 saturated heterocycles. The molecule has 0 spiro atoms. The van der Waals surface area contributed by atoms with E-state index in [4.69, 9.17) is 0 Å². The van der Waals surface area contributed by atoms with E-state index < -0.39 is 10.2 Å². The molecule has 2 rings (SSSR count). The molecular formula is C14H30N4O2S. The highest BCUT2D eigenvalue weighted by Gasteiger charge is 2.31. The summed E-state index contributed by atoms with van der Waals surface area (Å²) in [7, 11) is -1.45. The van der Waals surface area contributed by atoms with Gasteiger partial charge < -0.3 is 10.2 Å². The fourth-order valence-electron chi connectivity index (χ4n) is 3.32. The molecule has 7 heteroatoms. The number of nitrogens with zero attached hydrogens (tertiary/aromatic N) is 2. The second-order valence-corrected chi connectivity index (χ2v) is 7.83. The third-order valence-corrected chi connectivity index (χ3v) is 6.12. The van der Waals surface area contributed by atoms with Crippen molar-refractivity contribution in [2.24, 2.45) is 0 Å². The molecule has 1 unspecified atom stereocenters. The van der Waals surface area contributed by atoms with Gasteiger partial charge in [-0.15, -0.1) is 0 Å². The van der Waals surface area contributed by atoms with Crippen molar-refractivity contribution >= 4 is 10.2 Å². The average Bonchev–Trinajstić information content (AvgIpc) is 2.98. The number of likely N-dealkylation sites (tertiary alicyclic amines) is 1. The number of piperidine rings is 1. The first-order valence-electron chi connectivity index (χ1n) is 8.27. The minimum atomic E-state index is -3.33. The fraction of sp³-hybridized carbons (Fsp3) is 1.00. The van der Waals surface area contributed by atoms with Gasteiger partial charge in [-0.3, -0.25) is 0 Å². The van der Waals surface area contributed by atoms with E-state index in [-0.39, 0.29) is 6.04 Å². The van der Waals surface area contributed by atoms with Crippen molar-refractivity contribution < 1.29 is 8.42 Å². The molecule has 0 saturated carbocycles. The molecule has 0 aromatic carbocycles. The lowest BCUT2D eigenvalue weighted by Crippen LogP contribution is -2.52. The van der Waals surface area contributed by atoms with Crippen LogP contribution in [-0.2, 0) is 10.2 Å². The molecule has 6 nitrogen and oxygen atoms in total. The highest BCUT2D eigenvalue weighted by atomic mass is 32.2. The molecule has 21 heavy (non-hydrogen) atoms. The van der Waals surface area contributed by atoms with Crippen molar-refractivity contribution in [3.8, 4) is 0 Å². The minimum absolute atomic E-state index is 0.0971. The average molecular weight is 318 g/mol. The fourth-order valence-corrected chi connectivity index (χ4v) is 4.83. The van der Waals surface area contributed by atoms with E-state index in [1.807, 2.05) is 7.05 Å². The van der Waals surface area contributed by atoms with Crippen LogP contribution in [0.15, 0.2) is 0 Å². The van der Waals surface area contributed by atoms with E-state index in [1.54, 1.807) is 4.31 Å². The third-order valence-electron chi connectivity index (χ3n) is 4.46. The van der Waals surface area contributed by atoms with Crippen molar-refractivity contribution in [1.82, 2.24) is 19.2 Å². The summed E-state index contributed by atoms with van der Waals surface area (Å²) in [4.78, 5) is 2.42. The number of nitrogens with one attached hydrogen (secondary N) is 2. The van der Waals surface area contributed by atoms with Crippen molar-refractivity contribution in [2.45, 2.75) is 44.6 Å². The van der Waals surface area contributed by atoms with Gasteiger partial charge in [0.1, 0.15) is 0 Å². The van der Waals surface area contributed by atoms with Crippen molar-refractivity contribution in [3.63, 3.8) is 0 Å². The van der Waals surface area contributed by atoms with Crippen LogP contribution in [0.3, 0.4) is 0 Å². The predicted molar refractivity (Wildman–Crippen MR) is 85.5 cm³/mol. The monoisotopic (exact) mass is 318 g/mol. The number of likely N-dealkylation sites (N-methyl/N-ethyl adjacent to an activating group) is 1. The number of hydrogen-bond donors (Lipinski definition) is 2. The Morgan fingerprint density at radius 2 is 1.81 bits per heavy atom. The Morgan fingerprint density at radius 3 is 2.52 bits per heavy atom. The normalized spacial score (nSPS) is 25.5. The Hall–Kier alpha value is -0.210. The highest BCUT2D eigenvalue weighted by molar-refractivity contribution is 7.87. The Bertz CT molecular complexity index is 394. The summed E-state index contributed by atoms with van der Waals surface area (Å²) in [5, 5.41) is 3.10. The summed E-state index contributed by atoms with van der Waals surface area (Å²) in [5.41, 5.74) is 0. The van der Waals surface area contributed by atoms with E-state index in [1.165, 1.54) is 25.9 Å².